The van der Waals surface area contributed by atoms with Gasteiger partial charge >= 0.3 is 0 Å². The van der Waals surface area contributed by atoms with Crippen molar-refractivity contribution in [1.82, 2.24) is 5.32 Å². The summed E-state index contributed by atoms with van der Waals surface area (Å²) in [4.78, 5) is 12.4. The van der Waals surface area contributed by atoms with Crippen LogP contribution in [0.1, 0.15) is 24.1 Å². The molecule has 1 heterocycles. The quantitative estimate of drug-likeness (QED) is 0.936. The second-order valence-electron chi connectivity index (χ2n) is 5.60. The van der Waals surface area contributed by atoms with Crippen LogP contribution in [0, 0.1) is 5.92 Å². The van der Waals surface area contributed by atoms with E-state index < -0.39 is 0 Å². The van der Waals surface area contributed by atoms with Crippen LogP contribution in [-0.2, 0) is 11.2 Å². The van der Waals surface area contributed by atoms with Crippen molar-refractivity contribution >= 4 is 17.5 Å². The number of benzene rings is 2. The van der Waals surface area contributed by atoms with Crippen LogP contribution < -0.4 is 10.1 Å². The van der Waals surface area contributed by atoms with Gasteiger partial charge < -0.3 is 10.1 Å². The molecule has 0 unspecified atom stereocenters. The molecule has 0 bridgehead atoms. The predicted molar refractivity (Wildman–Crippen MR) is 87.1 cm³/mol. The third kappa shape index (κ3) is 3.25. The number of nitrogens with one attached hydrogen (secondary N) is 1. The van der Waals surface area contributed by atoms with E-state index in [-0.39, 0.29) is 17.9 Å². The van der Waals surface area contributed by atoms with Gasteiger partial charge in [-0.2, -0.15) is 0 Å². The molecule has 2 aromatic carbocycles. The Morgan fingerprint density at radius 2 is 1.95 bits per heavy atom. The van der Waals surface area contributed by atoms with Crippen LogP contribution >= 0.6 is 11.6 Å². The molecule has 1 aliphatic heterocycles. The van der Waals surface area contributed by atoms with Gasteiger partial charge in [0.25, 0.3) is 0 Å². The molecule has 4 heteroatoms. The zero-order valence-corrected chi connectivity index (χ0v) is 13.1. The molecule has 2 aromatic rings. The average Bonchev–Trinajstić information content (AvgIpc) is 2.55. The van der Waals surface area contributed by atoms with Crippen molar-refractivity contribution in [3.8, 4) is 5.75 Å². The zero-order valence-electron chi connectivity index (χ0n) is 12.4. The molecule has 1 N–H and O–H groups in total. The van der Waals surface area contributed by atoms with Crippen LogP contribution in [0.4, 0.5) is 0 Å². The summed E-state index contributed by atoms with van der Waals surface area (Å²) < 4.78 is 5.68. The Kier molecular flexibility index (Phi) is 4.34. The average molecular weight is 316 g/mol. The van der Waals surface area contributed by atoms with Crippen molar-refractivity contribution in [3.63, 3.8) is 0 Å². The number of para-hydroxylation sites is 1. The Morgan fingerprint density at radius 3 is 2.73 bits per heavy atom. The Hall–Kier alpha value is -2.00. The molecule has 0 aliphatic carbocycles. The topological polar surface area (TPSA) is 38.3 Å². The number of carbonyl (C=O) groups excluding carboxylic acids is 1. The minimum Gasteiger partial charge on any atom is -0.492 e. The van der Waals surface area contributed by atoms with Gasteiger partial charge in [-0.1, -0.05) is 41.9 Å². The monoisotopic (exact) mass is 315 g/mol. The van der Waals surface area contributed by atoms with Crippen LogP contribution in [0.3, 0.4) is 0 Å². The third-order valence-electron chi connectivity index (χ3n) is 3.98. The van der Waals surface area contributed by atoms with Gasteiger partial charge in [0.05, 0.1) is 12.0 Å². The summed E-state index contributed by atoms with van der Waals surface area (Å²) in [7, 11) is 0. The number of amides is 1. The van der Waals surface area contributed by atoms with E-state index in [4.69, 9.17) is 16.3 Å². The summed E-state index contributed by atoms with van der Waals surface area (Å²) in [5, 5.41) is 3.75. The second kappa shape index (κ2) is 6.41. The van der Waals surface area contributed by atoms with E-state index >= 15 is 0 Å². The molecule has 1 aliphatic rings. The first-order chi connectivity index (χ1) is 10.6. The van der Waals surface area contributed by atoms with Gasteiger partial charge in [0.1, 0.15) is 12.4 Å². The van der Waals surface area contributed by atoms with E-state index in [2.05, 4.69) is 5.32 Å². The van der Waals surface area contributed by atoms with Gasteiger partial charge in [0, 0.05) is 5.02 Å². The summed E-state index contributed by atoms with van der Waals surface area (Å²) in [6.45, 7) is 2.40. The van der Waals surface area contributed by atoms with Crippen molar-refractivity contribution in [2.45, 2.75) is 19.4 Å². The summed E-state index contributed by atoms with van der Waals surface area (Å²) >= 11 is 5.89. The molecule has 3 rings (SSSR count). The third-order valence-corrected chi connectivity index (χ3v) is 4.23. The number of hydrogen-bond donors (Lipinski definition) is 1. The highest BCUT2D eigenvalue weighted by atomic mass is 35.5. The number of fused-ring (bicyclic) bond motifs is 1. The van der Waals surface area contributed by atoms with Crippen molar-refractivity contribution in [3.05, 3.63) is 64.7 Å². The van der Waals surface area contributed by atoms with E-state index in [0.717, 1.165) is 23.3 Å². The van der Waals surface area contributed by atoms with Crippen LogP contribution in [0.2, 0.25) is 5.02 Å². The Morgan fingerprint density at radius 1 is 1.23 bits per heavy atom. The minimum atomic E-state index is -0.148. The first-order valence-corrected chi connectivity index (χ1v) is 7.78. The summed E-state index contributed by atoms with van der Waals surface area (Å²) in [5.74, 6) is 0.763. The minimum absolute atomic E-state index is 0.0250. The molecule has 2 atom stereocenters. The van der Waals surface area contributed by atoms with Gasteiger partial charge in [0.2, 0.25) is 5.91 Å². The maximum atomic E-state index is 12.4. The molecule has 1 amide bonds. The summed E-state index contributed by atoms with van der Waals surface area (Å²) in [6, 6.07) is 15.3. The fourth-order valence-electron chi connectivity index (χ4n) is 2.66. The van der Waals surface area contributed by atoms with Crippen LogP contribution in [0.15, 0.2) is 48.5 Å². The molecule has 0 radical (unpaired) electrons. The highest BCUT2D eigenvalue weighted by Crippen LogP contribution is 2.27. The molecular weight excluding hydrogens is 298 g/mol. The molecular formula is C18H18ClNO2. The maximum Gasteiger partial charge on any atom is 0.227 e. The fraction of sp³-hybridized carbons (Fsp3) is 0.278. The normalized spacial score (nSPS) is 18.0. The number of ether oxygens (including phenoxy) is 1. The SMILES string of the molecule is C[C@H](NC(=O)[C@H]1COc2ccccc2C1)c1ccc(Cl)cc1. The number of hydrogen-bond acceptors (Lipinski definition) is 2. The van der Waals surface area contributed by atoms with Crippen molar-refractivity contribution < 1.29 is 9.53 Å². The Labute approximate surface area is 135 Å². The summed E-state index contributed by atoms with van der Waals surface area (Å²) in [5.41, 5.74) is 2.13. The maximum absolute atomic E-state index is 12.4. The van der Waals surface area contributed by atoms with Gasteiger partial charge in [0.15, 0.2) is 0 Å². The summed E-state index contributed by atoms with van der Waals surface area (Å²) in [6.07, 6.45) is 0.718. The van der Waals surface area contributed by atoms with Crippen molar-refractivity contribution in [2.24, 2.45) is 5.92 Å². The second-order valence-corrected chi connectivity index (χ2v) is 6.04. The zero-order chi connectivity index (χ0) is 15.5. The highest BCUT2D eigenvalue weighted by molar-refractivity contribution is 6.30. The van der Waals surface area contributed by atoms with E-state index in [0.29, 0.717) is 11.6 Å². The highest BCUT2D eigenvalue weighted by Gasteiger charge is 2.26. The van der Waals surface area contributed by atoms with Gasteiger partial charge in [-0.25, -0.2) is 0 Å². The van der Waals surface area contributed by atoms with Gasteiger partial charge in [-0.3, -0.25) is 4.79 Å². The lowest BCUT2D eigenvalue weighted by Gasteiger charge is -2.26. The standard InChI is InChI=1S/C18H18ClNO2/c1-12(13-6-8-16(19)9-7-13)20-18(21)15-10-14-4-2-3-5-17(14)22-11-15/h2-9,12,15H,10-11H2,1H3,(H,20,21)/t12-,15+/m0/s1. The molecule has 0 saturated carbocycles. The lowest BCUT2D eigenvalue weighted by atomic mass is 9.95. The van der Waals surface area contributed by atoms with Gasteiger partial charge in [-0.05, 0) is 42.7 Å². The molecule has 3 nitrogen and oxygen atoms in total. The molecule has 0 aromatic heterocycles. The van der Waals surface area contributed by atoms with E-state index in [1.54, 1.807) is 0 Å². The predicted octanol–water partition coefficient (Wildman–Crippen LogP) is 3.77. The largest absolute Gasteiger partial charge is 0.492 e. The molecule has 0 fully saturated rings. The first kappa shape index (κ1) is 14.9. The van der Waals surface area contributed by atoms with Crippen molar-refractivity contribution in [1.29, 1.82) is 0 Å². The van der Waals surface area contributed by atoms with E-state index in [1.165, 1.54) is 0 Å². The van der Waals surface area contributed by atoms with Crippen LogP contribution in [-0.4, -0.2) is 12.5 Å². The number of halogens is 1. The molecule has 0 saturated heterocycles. The van der Waals surface area contributed by atoms with Gasteiger partial charge in [-0.15, -0.1) is 0 Å². The first-order valence-electron chi connectivity index (χ1n) is 7.40. The fourth-order valence-corrected chi connectivity index (χ4v) is 2.79. The van der Waals surface area contributed by atoms with Crippen LogP contribution in [0.25, 0.3) is 0 Å². The smallest absolute Gasteiger partial charge is 0.227 e. The Balaban J connectivity index is 1.64. The lowest BCUT2D eigenvalue weighted by molar-refractivity contribution is -0.126. The molecule has 22 heavy (non-hydrogen) atoms. The molecule has 114 valence electrons. The number of carbonyl (C=O) groups is 1. The van der Waals surface area contributed by atoms with Crippen molar-refractivity contribution in [2.75, 3.05) is 6.61 Å². The molecule has 0 spiro atoms. The lowest BCUT2D eigenvalue weighted by Crippen LogP contribution is -2.38. The Bertz CT molecular complexity index is 669. The number of rotatable bonds is 3. The van der Waals surface area contributed by atoms with E-state index in [9.17, 15) is 4.79 Å². The van der Waals surface area contributed by atoms with Crippen LogP contribution in [0.5, 0.6) is 5.75 Å². The van der Waals surface area contributed by atoms with E-state index in [1.807, 2.05) is 55.5 Å².